The number of hydrogen-bond acceptors (Lipinski definition) is 7. The molecule has 2 aliphatic heterocycles. The smallest absolute Gasteiger partial charge is 0.151 e. The van der Waals surface area contributed by atoms with Crippen molar-refractivity contribution in [3.63, 3.8) is 0 Å². The predicted octanol–water partition coefficient (Wildman–Crippen LogP) is 4.28. The van der Waals surface area contributed by atoms with Crippen LogP contribution < -0.4 is 10.2 Å². The highest BCUT2D eigenvalue weighted by atomic mass is 16.3. The molecule has 0 aliphatic carbocycles. The second-order valence-corrected chi connectivity index (χ2v) is 9.97. The maximum absolute atomic E-state index is 10.7. The zero-order valence-electron chi connectivity index (χ0n) is 19.2. The topological polar surface area (TPSA) is 98.0 Å². The molecule has 2 aliphatic rings. The Morgan fingerprint density at radius 2 is 1.76 bits per heavy atom. The summed E-state index contributed by atoms with van der Waals surface area (Å²) in [5.41, 5.74) is 3.59. The van der Waals surface area contributed by atoms with Crippen molar-refractivity contribution in [2.45, 2.75) is 56.7 Å². The number of phenols is 1. The van der Waals surface area contributed by atoms with Crippen LogP contribution in [-0.2, 0) is 0 Å². The maximum Gasteiger partial charge on any atom is 0.151 e. The van der Waals surface area contributed by atoms with Crippen LogP contribution >= 0.6 is 0 Å². The number of nitrogens with one attached hydrogen (secondary N) is 1. The van der Waals surface area contributed by atoms with E-state index in [9.17, 15) is 5.11 Å². The van der Waals surface area contributed by atoms with E-state index in [4.69, 9.17) is 5.26 Å². The zero-order chi connectivity index (χ0) is 23.2. The SMILES string of the molecule is CN(c1ccc(-c2ccc(-c3ccnc(C#N)c3)cc2O)nn1)[C@@H]1C[C@]2(C)CC[C@](C)(C1)N2. The Morgan fingerprint density at radius 1 is 1.03 bits per heavy atom. The number of aromatic nitrogens is 3. The first kappa shape index (κ1) is 21.4. The van der Waals surface area contributed by atoms with Gasteiger partial charge in [-0.3, -0.25) is 0 Å². The summed E-state index contributed by atoms with van der Waals surface area (Å²) in [4.78, 5) is 6.25. The molecule has 1 aromatic carbocycles. The van der Waals surface area contributed by atoms with Gasteiger partial charge in [0.1, 0.15) is 17.5 Å². The van der Waals surface area contributed by atoms with Crippen LogP contribution in [0.5, 0.6) is 5.75 Å². The number of aromatic hydroxyl groups is 1. The number of piperidine rings is 1. The number of hydrogen-bond donors (Lipinski definition) is 2. The molecule has 3 atom stereocenters. The minimum atomic E-state index is 0.119. The Balaban J connectivity index is 1.36. The van der Waals surface area contributed by atoms with Gasteiger partial charge >= 0.3 is 0 Å². The summed E-state index contributed by atoms with van der Waals surface area (Å²) in [6, 6.07) is 15.3. The molecule has 5 rings (SSSR count). The second kappa shape index (κ2) is 7.82. The van der Waals surface area contributed by atoms with Crippen molar-refractivity contribution in [3.8, 4) is 34.2 Å². The molecule has 0 amide bonds. The van der Waals surface area contributed by atoms with E-state index >= 15 is 0 Å². The van der Waals surface area contributed by atoms with Crippen molar-refractivity contribution in [3.05, 3.63) is 54.4 Å². The number of anilines is 1. The third-order valence-electron chi connectivity index (χ3n) is 7.25. The molecule has 4 heterocycles. The molecular weight excluding hydrogens is 412 g/mol. The van der Waals surface area contributed by atoms with E-state index in [1.165, 1.54) is 12.8 Å². The number of nitrogens with zero attached hydrogens (tertiary/aromatic N) is 5. The average Bonchev–Trinajstić information content (AvgIpc) is 3.05. The number of nitriles is 1. The third kappa shape index (κ3) is 4.03. The van der Waals surface area contributed by atoms with E-state index in [0.717, 1.165) is 29.8 Å². The Bertz CT molecular complexity index is 1220. The number of phenolic OH excluding ortho intramolecular Hbond substituents is 1. The molecule has 0 radical (unpaired) electrons. The van der Waals surface area contributed by atoms with E-state index in [-0.39, 0.29) is 16.8 Å². The summed E-state index contributed by atoms with van der Waals surface area (Å²) in [5.74, 6) is 0.961. The summed E-state index contributed by atoms with van der Waals surface area (Å²) >= 11 is 0. The highest BCUT2D eigenvalue weighted by Gasteiger charge is 2.49. The Kier molecular flexibility index (Phi) is 5.06. The van der Waals surface area contributed by atoms with Crippen molar-refractivity contribution in [2.24, 2.45) is 0 Å². The fourth-order valence-corrected chi connectivity index (χ4v) is 5.54. The molecule has 7 nitrogen and oxygen atoms in total. The van der Waals surface area contributed by atoms with Crippen molar-refractivity contribution < 1.29 is 5.11 Å². The molecule has 2 aromatic heterocycles. The number of fused-ring (bicyclic) bond motifs is 2. The molecule has 33 heavy (non-hydrogen) atoms. The van der Waals surface area contributed by atoms with Crippen LogP contribution in [-0.4, -0.2) is 44.5 Å². The molecule has 2 saturated heterocycles. The van der Waals surface area contributed by atoms with Gasteiger partial charge in [0.25, 0.3) is 0 Å². The number of pyridine rings is 1. The van der Waals surface area contributed by atoms with Crippen molar-refractivity contribution >= 4 is 5.82 Å². The molecule has 0 unspecified atom stereocenters. The van der Waals surface area contributed by atoms with Crippen molar-refractivity contribution in [2.75, 3.05) is 11.9 Å². The number of rotatable bonds is 4. The summed E-state index contributed by atoms with van der Waals surface area (Å²) in [5, 5.41) is 32.5. The predicted molar refractivity (Wildman–Crippen MR) is 128 cm³/mol. The molecular formula is C26H28N6O. The first-order chi connectivity index (χ1) is 15.8. The normalized spacial score (nSPS) is 26.1. The lowest BCUT2D eigenvalue weighted by molar-refractivity contribution is 0.207. The van der Waals surface area contributed by atoms with Gasteiger partial charge in [-0.15, -0.1) is 10.2 Å². The summed E-state index contributed by atoms with van der Waals surface area (Å²) in [6.07, 6.45) is 6.20. The molecule has 2 bridgehead atoms. The average molecular weight is 441 g/mol. The van der Waals surface area contributed by atoms with E-state index in [0.29, 0.717) is 23.0 Å². The van der Waals surface area contributed by atoms with Gasteiger partial charge in [-0.2, -0.15) is 5.26 Å². The van der Waals surface area contributed by atoms with Gasteiger partial charge in [0.2, 0.25) is 0 Å². The van der Waals surface area contributed by atoms with Gasteiger partial charge in [-0.05, 0) is 87.1 Å². The lowest BCUT2D eigenvalue weighted by Gasteiger charge is -2.45. The fraction of sp³-hybridized carbons (Fsp3) is 0.385. The highest BCUT2D eigenvalue weighted by molar-refractivity contribution is 5.74. The molecule has 2 N–H and O–H groups in total. The Labute approximate surface area is 194 Å². The van der Waals surface area contributed by atoms with Crippen LogP contribution in [0.1, 0.15) is 45.2 Å². The molecule has 7 heteroatoms. The van der Waals surface area contributed by atoms with Crippen LogP contribution in [0.2, 0.25) is 0 Å². The Hall–Kier alpha value is -3.50. The van der Waals surface area contributed by atoms with Gasteiger partial charge < -0.3 is 15.3 Å². The van der Waals surface area contributed by atoms with Crippen LogP contribution in [0.3, 0.4) is 0 Å². The van der Waals surface area contributed by atoms with Crippen molar-refractivity contribution in [1.29, 1.82) is 5.26 Å². The van der Waals surface area contributed by atoms with Crippen LogP contribution in [0.25, 0.3) is 22.4 Å². The first-order valence-corrected chi connectivity index (χ1v) is 11.3. The lowest BCUT2D eigenvalue weighted by atomic mass is 9.84. The monoisotopic (exact) mass is 440 g/mol. The van der Waals surface area contributed by atoms with Gasteiger partial charge in [0, 0.05) is 35.9 Å². The van der Waals surface area contributed by atoms with Gasteiger partial charge in [-0.1, -0.05) is 6.07 Å². The van der Waals surface area contributed by atoms with Crippen LogP contribution in [0.4, 0.5) is 5.82 Å². The lowest BCUT2D eigenvalue weighted by Crippen LogP contribution is -2.58. The van der Waals surface area contributed by atoms with Gasteiger partial charge in [-0.25, -0.2) is 4.98 Å². The maximum atomic E-state index is 10.7. The minimum Gasteiger partial charge on any atom is -0.507 e. The standard InChI is InChI=1S/C26H28N6O/c1-25-9-10-26(2,31-25)15-20(14-25)32(3)24-7-6-22(29-30-24)21-5-4-17(13-23(21)33)18-8-11-28-19(12-18)16-27/h4-8,11-13,20,31,33H,9-10,14-15H2,1-3H3/t20-,25+,26-. The second-order valence-electron chi connectivity index (χ2n) is 9.97. The third-order valence-corrected chi connectivity index (χ3v) is 7.25. The zero-order valence-corrected chi connectivity index (χ0v) is 19.2. The van der Waals surface area contributed by atoms with E-state index in [2.05, 4.69) is 46.3 Å². The quantitative estimate of drug-likeness (QED) is 0.625. The van der Waals surface area contributed by atoms with E-state index < -0.39 is 0 Å². The fourth-order valence-electron chi connectivity index (χ4n) is 5.54. The number of benzene rings is 1. The van der Waals surface area contributed by atoms with Crippen LogP contribution in [0.15, 0.2) is 48.7 Å². The molecule has 0 spiro atoms. The Morgan fingerprint density at radius 3 is 2.39 bits per heavy atom. The molecule has 0 saturated carbocycles. The molecule has 2 fully saturated rings. The largest absolute Gasteiger partial charge is 0.507 e. The summed E-state index contributed by atoms with van der Waals surface area (Å²) in [7, 11) is 2.10. The van der Waals surface area contributed by atoms with E-state index in [1.807, 2.05) is 36.4 Å². The molecule has 168 valence electrons. The first-order valence-electron chi connectivity index (χ1n) is 11.3. The van der Waals surface area contributed by atoms with Crippen molar-refractivity contribution in [1.82, 2.24) is 20.5 Å². The van der Waals surface area contributed by atoms with Gasteiger partial charge in [0.15, 0.2) is 5.82 Å². The van der Waals surface area contributed by atoms with Gasteiger partial charge in [0.05, 0.1) is 5.69 Å². The summed E-state index contributed by atoms with van der Waals surface area (Å²) < 4.78 is 0. The van der Waals surface area contributed by atoms with E-state index in [1.54, 1.807) is 18.3 Å². The van der Waals surface area contributed by atoms with Crippen LogP contribution in [0, 0.1) is 11.3 Å². The molecule has 3 aromatic rings. The minimum absolute atomic E-state index is 0.119. The summed E-state index contributed by atoms with van der Waals surface area (Å²) in [6.45, 7) is 4.65. The highest BCUT2D eigenvalue weighted by Crippen LogP contribution is 2.43.